The van der Waals surface area contributed by atoms with Crippen molar-refractivity contribution in [1.29, 1.82) is 0 Å². The van der Waals surface area contributed by atoms with E-state index in [1.165, 1.54) is 0 Å². The van der Waals surface area contributed by atoms with Gasteiger partial charge in [-0.25, -0.2) is 9.82 Å². The molecule has 0 aliphatic rings. The molecule has 1 aromatic rings. The Morgan fingerprint density at radius 3 is 2.77 bits per heavy atom. The number of nitrogens with zero attached hydrogens (tertiary/aromatic N) is 1. The van der Waals surface area contributed by atoms with Crippen LogP contribution in [0.15, 0.2) is 35.4 Å². The minimum atomic E-state index is -0.685. The van der Waals surface area contributed by atoms with Crippen LogP contribution >= 0.6 is 0 Å². The van der Waals surface area contributed by atoms with Crippen molar-refractivity contribution in [3.63, 3.8) is 0 Å². The zero-order valence-corrected chi connectivity index (χ0v) is 6.90. The monoisotopic (exact) mass is 180 g/mol. The Hall–Kier alpha value is -1.71. The molecule has 4 heteroatoms. The van der Waals surface area contributed by atoms with Crippen molar-refractivity contribution < 1.29 is 9.18 Å². The average Bonchev–Trinajstić information content (AvgIpc) is 2.19. The van der Waals surface area contributed by atoms with Crippen molar-refractivity contribution in [1.82, 2.24) is 5.43 Å². The summed E-state index contributed by atoms with van der Waals surface area (Å²) >= 11 is 0. The van der Waals surface area contributed by atoms with E-state index < -0.39 is 6.67 Å². The number of halogens is 1. The van der Waals surface area contributed by atoms with Crippen LogP contribution in [0.4, 0.5) is 4.39 Å². The number of benzene rings is 1. The molecule has 1 amide bonds. The van der Waals surface area contributed by atoms with E-state index >= 15 is 0 Å². The Morgan fingerprint density at radius 1 is 1.46 bits per heavy atom. The van der Waals surface area contributed by atoms with Crippen LogP contribution in [-0.4, -0.2) is 18.8 Å². The summed E-state index contributed by atoms with van der Waals surface area (Å²) in [6.07, 6.45) is 0.987. The maximum Gasteiger partial charge on any atom is 0.271 e. The lowest BCUT2D eigenvalue weighted by molar-refractivity contribution is 0.0955. The molecule has 0 heterocycles. The van der Waals surface area contributed by atoms with E-state index in [0.29, 0.717) is 5.56 Å². The smallest absolute Gasteiger partial charge is 0.267 e. The van der Waals surface area contributed by atoms with Gasteiger partial charge in [0.1, 0.15) is 6.67 Å². The molecule has 13 heavy (non-hydrogen) atoms. The number of alkyl halides is 1. The predicted molar refractivity (Wildman–Crippen MR) is 48.4 cm³/mol. The zero-order chi connectivity index (χ0) is 9.52. The van der Waals surface area contributed by atoms with Crippen LogP contribution in [0, 0.1) is 0 Å². The minimum absolute atomic E-state index is 0.342. The molecule has 3 nitrogen and oxygen atoms in total. The van der Waals surface area contributed by atoms with Crippen LogP contribution in [0.2, 0.25) is 0 Å². The third-order valence-electron chi connectivity index (χ3n) is 1.36. The van der Waals surface area contributed by atoms with Crippen LogP contribution < -0.4 is 5.43 Å². The van der Waals surface area contributed by atoms with Gasteiger partial charge in [0.2, 0.25) is 0 Å². The highest BCUT2D eigenvalue weighted by molar-refractivity contribution is 5.94. The molecular formula is C9H9FN2O. The highest BCUT2D eigenvalue weighted by atomic mass is 19.1. The molecule has 0 aliphatic heterocycles. The van der Waals surface area contributed by atoms with Gasteiger partial charge in [0.15, 0.2) is 0 Å². The molecule has 0 aromatic heterocycles. The Kier molecular flexibility index (Phi) is 3.63. The molecule has 0 radical (unpaired) electrons. The lowest BCUT2D eigenvalue weighted by atomic mass is 10.2. The molecule has 1 aromatic carbocycles. The maximum atomic E-state index is 11.5. The summed E-state index contributed by atoms with van der Waals surface area (Å²) in [5, 5.41) is 3.37. The Morgan fingerprint density at radius 2 is 2.15 bits per heavy atom. The summed E-state index contributed by atoms with van der Waals surface area (Å²) in [5.74, 6) is -0.342. The standard InChI is InChI=1S/C9H9FN2O/c10-6-7-11-12-9(13)8-4-2-1-3-5-8/h1-5,7H,6H2,(H,12,13). The topological polar surface area (TPSA) is 41.5 Å². The largest absolute Gasteiger partial charge is 0.271 e. The molecule has 0 spiro atoms. The van der Waals surface area contributed by atoms with Crippen LogP contribution in [0.3, 0.4) is 0 Å². The molecular weight excluding hydrogens is 171 g/mol. The number of hydrogen-bond donors (Lipinski definition) is 1. The second kappa shape index (κ2) is 5.03. The fourth-order valence-corrected chi connectivity index (χ4v) is 0.793. The van der Waals surface area contributed by atoms with E-state index in [9.17, 15) is 9.18 Å². The minimum Gasteiger partial charge on any atom is -0.267 e. The van der Waals surface area contributed by atoms with Crippen LogP contribution in [-0.2, 0) is 0 Å². The van der Waals surface area contributed by atoms with Crippen LogP contribution in [0.25, 0.3) is 0 Å². The Balaban J connectivity index is 2.54. The van der Waals surface area contributed by atoms with Crippen LogP contribution in [0.1, 0.15) is 10.4 Å². The lowest BCUT2D eigenvalue weighted by Gasteiger charge is -1.97. The van der Waals surface area contributed by atoms with Gasteiger partial charge < -0.3 is 0 Å². The van der Waals surface area contributed by atoms with E-state index in [-0.39, 0.29) is 5.91 Å². The molecule has 0 aliphatic carbocycles. The molecule has 1 rings (SSSR count). The summed E-state index contributed by atoms with van der Waals surface area (Å²) in [6, 6.07) is 8.60. The van der Waals surface area contributed by atoms with E-state index in [2.05, 4.69) is 10.5 Å². The fourth-order valence-electron chi connectivity index (χ4n) is 0.793. The van der Waals surface area contributed by atoms with Gasteiger partial charge in [-0.3, -0.25) is 4.79 Å². The van der Waals surface area contributed by atoms with E-state index in [0.717, 1.165) is 6.21 Å². The van der Waals surface area contributed by atoms with Gasteiger partial charge in [-0.05, 0) is 12.1 Å². The second-order valence-corrected chi connectivity index (χ2v) is 2.27. The van der Waals surface area contributed by atoms with Gasteiger partial charge in [0.25, 0.3) is 5.91 Å². The van der Waals surface area contributed by atoms with Gasteiger partial charge >= 0.3 is 0 Å². The number of nitrogens with one attached hydrogen (secondary N) is 1. The van der Waals surface area contributed by atoms with E-state index in [1.54, 1.807) is 24.3 Å². The molecule has 0 saturated heterocycles. The van der Waals surface area contributed by atoms with E-state index in [1.807, 2.05) is 6.07 Å². The Labute approximate surface area is 75.3 Å². The third kappa shape index (κ3) is 3.02. The SMILES string of the molecule is O=C(NN=CCF)c1ccccc1. The number of hydrogen-bond acceptors (Lipinski definition) is 2. The summed E-state index contributed by atoms with van der Waals surface area (Å²) in [4.78, 5) is 11.2. The Bertz CT molecular complexity index is 298. The van der Waals surface area contributed by atoms with Crippen molar-refractivity contribution in [3.05, 3.63) is 35.9 Å². The molecule has 0 bridgehead atoms. The van der Waals surface area contributed by atoms with Crippen molar-refractivity contribution in [3.8, 4) is 0 Å². The van der Waals surface area contributed by atoms with Crippen molar-refractivity contribution >= 4 is 12.1 Å². The van der Waals surface area contributed by atoms with Crippen LogP contribution in [0.5, 0.6) is 0 Å². The summed E-state index contributed by atoms with van der Waals surface area (Å²) in [7, 11) is 0. The van der Waals surface area contributed by atoms with Gasteiger partial charge in [0.05, 0.1) is 6.21 Å². The average molecular weight is 180 g/mol. The quantitative estimate of drug-likeness (QED) is 0.554. The highest BCUT2D eigenvalue weighted by Crippen LogP contribution is 1.96. The molecule has 0 unspecified atom stereocenters. The molecule has 0 atom stereocenters. The van der Waals surface area contributed by atoms with Gasteiger partial charge in [-0.1, -0.05) is 18.2 Å². The van der Waals surface area contributed by atoms with Gasteiger partial charge in [-0.15, -0.1) is 0 Å². The normalized spacial score (nSPS) is 10.2. The van der Waals surface area contributed by atoms with Crippen molar-refractivity contribution in [2.75, 3.05) is 6.67 Å². The number of carbonyl (C=O) groups excluding carboxylic acids is 1. The first kappa shape index (κ1) is 9.38. The summed E-state index contributed by atoms with van der Waals surface area (Å²) in [6.45, 7) is -0.685. The summed E-state index contributed by atoms with van der Waals surface area (Å²) < 4.78 is 11.5. The van der Waals surface area contributed by atoms with Gasteiger partial charge in [-0.2, -0.15) is 5.10 Å². The number of hydrazone groups is 1. The number of rotatable bonds is 3. The van der Waals surface area contributed by atoms with Crippen molar-refractivity contribution in [2.45, 2.75) is 0 Å². The maximum absolute atomic E-state index is 11.5. The van der Waals surface area contributed by atoms with Gasteiger partial charge in [0, 0.05) is 5.56 Å². The first-order chi connectivity index (χ1) is 6.34. The summed E-state index contributed by atoms with van der Waals surface area (Å²) in [5.41, 5.74) is 2.69. The molecule has 0 fully saturated rings. The lowest BCUT2D eigenvalue weighted by Crippen LogP contribution is -2.17. The zero-order valence-electron chi connectivity index (χ0n) is 6.90. The van der Waals surface area contributed by atoms with Crippen molar-refractivity contribution in [2.24, 2.45) is 5.10 Å². The molecule has 1 N–H and O–H groups in total. The first-order valence-electron chi connectivity index (χ1n) is 3.77. The fraction of sp³-hybridized carbons (Fsp3) is 0.111. The first-order valence-corrected chi connectivity index (χ1v) is 3.77. The highest BCUT2D eigenvalue weighted by Gasteiger charge is 2.00. The predicted octanol–water partition coefficient (Wildman–Crippen LogP) is 1.37. The number of carbonyl (C=O) groups is 1. The molecule has 68 valence electrons. The third-order valence-corrected chi connectivity index (χ3v) is 1.36. The molecule has 0 saturated carbocycles. The second-order valence-electron chi connectivity index (χ2n) is 2.27. The number of amides is 1. The van der Waals surface area contributed by atoms with E-state index in [4.69, 9.17) is 0 Å².